The zero-order valence-electron chi connectivity index (χ0n) is 16.2. The van der Waals surface area contributed by atoms with Gasteiger partial charge in [-0.15, -0.1) is 10.2 Å². The minimum absolute atomic E-state index is 0.459. The quantitative estimate of drug-likeness (QED) is 0.277. The second-order valence-corrected chi connectivity index (χ2v) is 6.42. The summed E-state index contributed by atoms with van der Waals surface area (Å²) in [6.07, 6.45) is 3.53. The molecule has 27 heavy (non-hydrogen) atoms. The Bertz CT molecular complexity index is 715. The van der Waals surface area contributed by atoms with E-state index < -0.39 is 0 Å². The highest BCUT2D eigenvalue weighted by atomic mass is 35.5. The molecule has 0 radical (unpaired) electrons. The predicted molar refractivity (Wildman–Crippen MR) is 107 cm³/mol. The van der Waals surface area contributed by atoms with E-state index in [1.54, 1.807) is 12.3 Å². The van der Waals surface area contributed by atoms with Gasteiger partial charge in [-0.2, -0.15) is 0 Å². The number of aliphatic imine (C=N–C) groups is 1. The highest BCUT2D eigenvalue weighted by Crippen LogP contribution is 2.05. The second-order valence-electron chi connectivity index (χ2n) is 6.03. The summed E-state index contributed by atoms with van der Waals surface area (Å²) in [5.74, 6) is 2.44. The van der Waals surface area contributed by atoms with Crippen molar-refractivity contribution in [3.8, 4) is 0 Å². The van der Waals surface area contributed by atoms with Crippen LogP contribution >= 0.6 is 11.6 Å². The molecule has 0 fully saturated rings. The zero-order valence-corrected chi connectivity index (χ0v) is 17.0. The molecule has 2 N–H and O–H groups in total. The number of aromatic nitrogens is 4. The number of nitrogens with zero attached hydrogens (tertiary/aromatic N) is 5. The summed E-state index contributed by atoms with van der Waals surface area (Å²) >= 11 is 5.82. The Labute approximate surface area is 165 Å². The van der Waals surface area contributed by atoms with Crippen LogP contribution in [0.3, 0.4) is 0 Å². The van der Waals surface area contributed by atoms with Crippen LogP contribution in [-0.4, -0.2) is 52.0 Å². The summed E-state index contributed by atoms with van der Waals surface area (Å²) in [5.41, 5.74) is 1.12. The van der Waals surface area contributed by atoms with E-state index in [9.17, 15) is 0 Å². The molecule has 2 aromatic rings. The lowest BCUT2D eigenvalue weighted by Gasteiger charge is -2.13. The SMILES string of the molecule is CCOCCCNC(=NCc1nnc(C)n1C)NCCc1ccc(Cl)nc1. The van der Waals surface area contributed by atoms with Crippen LogP contribution in [0.4, 0.5) is 0 Å². The smallest absolute Gasteiger partial charge is 0.191 e. The molecule has 0 aliphatic carbocycles. The number of halogens is 1. The van der Waals surface area contributed by atoms with E-state index in [2.05, 4.69) is 30.8 Å². The number of nitrogens with one attached hydrogen (secondary N) is 2. The van der Waals surface area contributed by atoms with Crippen LogP contribution in [0.15, 0.2) is 23.3 Å². The number of guanidine groups is 1. The van der Waals surface area contributed by atoms with Crippen molar-refractivity contribution in [3.63, 3.8) is 0 Å². The Balaban J connectivity index is 1.88. The van der Waals surface area contributed by atoms with Gasteiger partial charge in [-0.3, -0.25) is 0 Å². The molecule has 8 nitrogen and oxygen atoms in total. The molecule has 0 unspecified atom stereocenters. The molecule has 9 heteroatoms. The summed E-state index contributed by atoms with van der Waals surface area (Å²) < 4.78 is 7.31. The van der Waals surface area contributed by atoms with Gasteiger partial charge in [0.15, 0.2) is 11.8 Å². The van der Waals surface area contributed by atoms with Gasteiger partial charge in [0.05, 0.1) is 0 Å². The first-order valence-corrected chi connectivity index (χ1v) is 9.53. The summed E-state index contributed by atoms with van der Waals surface area (Å²) in [4.78, 5) is 8.73. The highest BCUT2D eigenvalue weighted by Gasteiger charge is 2.05. The summed E-state index contributed by atoms with van der Waals surface area (Å²) in [7, 11) is 1.94. The van der Waals surface area contributed by atoms with Crippen molar-refractivity contribution < 1.29 is 4.74 Å². The fourth-order valence-electron chi connectivity index (χ4n) is 2.32. The van der Waals surface area contributed by atoms with E-state index in [4.69, 9.17) is 16.3 Å². The van der Waals surface area contributed by atoms with Gasteiger partial charge in [0, 0.05) is 39.5 Å². The van der Waals surface area contributed by atoms with Crippen LogP contribution in [0.1, 0.15) is 30.6 Å². The Morgan fingerprint density at radius 2 is 2.07 bits per heavy atom. The standard InChI is InChI=1S/C18H28ClN7O/c1-4-27-11-5-9-20-18(23-13-17-25-24-14(2)26(17)3)21-10-8-15-6-7-16(19)22-12-15/h6-7,12H,4-5,8-11,13H2,1-3H3,(H2,20,21,23). The maximum Gasteiger partial charge on any atom is 0.191 e. The number of ether oxygens (including phenoxy) is 1. The molecule has 0 spiro atoms. The zero-order chi connectivity index (χ0) is 19.5. The number of hydrogen-bond acceptors (Lipinski definition) is 5. The Morgan fingerprint density at radius 3 is 2.74 bits per heavy atom. The molecule has 148 valence electrons. The molecular formula is C18H28ClN7O. The van der Waals surface area contributed by atoms with Gasteiger partial charge in [-0.1, -0.05) is 17.7 Å². The Hall–Kier alpha value is -2.19. The largest absolute Gasteiger partial charge is 0.382 e. The maximum absolute atomic E-state index is 5.82. The lowest BCUT2D eigenvalue weighted by molar-refractivity contribution is 0.145. The first-order valence-electron chi connectivity index (χ1n) is 9.15. The van der Waals surface area contributed by atoms with Crippen molar-refractivity contribution in [2.45, 2.75) is 33.2 Å². The molecule has 2 rings (SSSR count). The van der Waals surface area contributed by atoms with Crippen LogP contribution in [-0.2, 0) is 24.8 Å². The lowest BCUT2D eigenvalue weighted by atomic mass is 10.2. The maximum atomic E-state index is 5.82. The number of rotatable bonds is 10. The molecule has 0 saturated heterocycles. The monoisotopic (exact) mass is 393 g/mol. The Morgan fingerprint density at radius 1 is 1.26 bits per heavy atom. The normalized spacial score (nSPS) is 11.6. The molecule has 2 heterocycles. The molecule has 0 aliphatic rings. The van der Waals surface area contributed by atoms with E-state index in [0.29, 0.717) is 11.7 Å². The fourth-order valence-corrected chi connectivity index (χ4v) is 2.43. The summed E-state index contributed by atoms with van der Waals surface area (Å²) in [6.45, 7) is 7.36. The predicted octanol–water partition coefficient (Wildman–Crippen LogP) is 1.88. The third-order valence-electron chi connectivity index (χ3n) is 4.02. The average Bonchev–Trinajstić information content (AvgIpc) is 2.99. The van der Waals surface area contributed by atoms with Gasteiger partial charge in [0.25, 0.3) is 0 Å². The molecule has 0 saturated carbocycles. The second kappa shape index (κ2) is 11.5. The van der Waals surface area contributed by atoms with Crippen LogP contribution in [0.2, 0.25) is 5.15 Å². The molecular weight excluding hydrogens is 366 g/mol. The van der Waals surface area contributed by atoms with Gasteiger partial charge in [0.1, 0.15) is 17.5 Å². The van der Waals surface area contributed by atoms with Crippen molar-refractivity contribution in [3.05, 3.63) is 40.7 Å². The minimum atomic E-state index is 0.459. The van der Waals surface area contributed by atoms with E-state index in [1.807, 2.05) is 31.5 Å². The van der Waals surface area contributed by atoms with Gasteiger partial charge >= 0.3 is 0 Å². The van der Waals surface area contributed by atoms with E-state index in [1.165, 1.54) is 0 Å². The van der Waals surface area contributed by atoms with E-state index in [-0.39, 0.29) is 0 Å². The van der Waals surface area contributed by atoms with Crippen LogP contribution in [0.25, 0.3) is 0 Å². The van der Waals surface area contributed by atoms with Crippen LogP contribution in [0.5, 0.6) is 0 Å². The van der Waals surface area contributed by atoms with E-state index >= 15 is 0 Å². The minimum Gasteiger partial charge on any atom is -0.382 e. The van der Waals surface area contributed by atoms with Crippen LogP contribution < -0.4 is 10.6 Å². The first-order chi connectivity index (χ1) is 13.1. The molecule has 0 amide bonds. The van der Waals surface area contributed by atoms with Gasteiger partial charge < -0.3 is 19.9 Å². The number of pyridine rings is 1. The van der Waals surface area contributed by atoms with Gasteiger partial charge in [-0.05, 0) is 38.3 Å². The molecule has 0 atom stereocenters. The van der Waals surface area contributed by atoms with Crippen molar-refractivity contribution in [1.82, 2.24) is 30.4 Å². The summed E-state index contributed by atoms with van der Waals surface area (Å²) in [6, 6.07) is 3.78. The molecule has 0 aliphatic heterocycles. The number of aryl methyl sites for hydroxylation is 1. The van der Waals surface area contributed by atoms with Crippen molar-refractivity contribution in [2.24, 2.45) is 12.0 Å². The molecule has 0 bridgehead atoms. The third-order valence-corrected chi connectivity index (χ3v) is 4.24. The van der Waals surface area contributed by atoms with Crippen molar-refractivity contribution >= 4 is 17.6 Å². The molecule has 2 aromatic heterocycles. The van der Waals surface area contributed by atoms with Crippen LogP contribution in [0, 0.1) is 6.92 Å². The van der Waals surface area contributed by atoms with Crippen molar-refractivity contribution in [2.75, 3.05) is 26.3 Å². The van der Waals surface area contributed by atoms with Gasteiger partial charge in [-0.25, -0.2) is 9.98 Å². The third kappa shape index (κ3) is 7.52. The Kier molecular flexibility index (Phi) is 9.00. The highest BCUT2D eigenvalue weighted by molar-refractivity contribution is 6.29. The topological polar surface area (TPSA) is 89.2 Å². The average molecular weight is 394 g/mol. The van der Waals surface area contributed by atoms with E-state index in [0.717, 1.165) is 62.3 Å². The lowest BCUT2D eigenvalue weighted by Crippen LogP contribution is -2.39. The first kappa shape index (κ1) is 21.1. The van der Waals surface area contributed by atoms with Crippen molar-refractivity contribution in [1.29, 1.82) is 0 Å². The van der Waals surface area contributed by atoms with Gasteiger partial charge in [0.2, 0.25) is 0 Å². The fraction of sp³-hybridized carbons (Fsp3) is 0.556. The summed E-state index contributed by atoms with van der Waals surface area (Å²) in [5, 5.41) is 15.4. The molecule has 0 aromatic carbocycles. The number of hydrogen-bond donors (Lipinski definition) is 2.